The first kappa shape index (κ1) is 44.0. The largest absolute Gasteiger partial charge is 0.504 e. The Morgan fingerprint density at radius 2 is 0.820 bits per heavy atom. The summed E-state index contributed by atoms with van der Waals surface area (Å²) in [6.45, 7) is 1.55. The molecule has 0 saturated heterocycles. The first-order valence-corrected chi connectivity index (χ1v) is 22.5. The number of aliphatic carboxylic acids is 1. The molecule has 0 fully saturated rings. The number of ether oxygens (including phenoxy) is 4. The number of alkyl halides is 2. The molecular formula is C45H37I2N3O11. The Morgan fingerprint density at radius 3 is 1.20 bits per heavy atom. The number of rotatable bonds is 3. The summed E-state index contributed by atoms with van der Waals surface area (Å²) in [6.07, 6.45) is 0. The van der Waals surface area contributed by atoms with Crippen molar-refractivity contribution in [1.29, 1.82) is 0 Å². The average Bonchev–Trinajstić information content (AvgIpc) is 4.16. The van der Waals surface area contributed by atoms with Gasteiger partial charge >= 0.3 is 0 Å². The quantitative estimate of drug-likeness (QED) is 0.0859. The van der Waals surface area contributed by atoms with Crippen molar-refractivity contribution >= 4 is 84.1 Å². The van der Waals surface area contributed by atoms with E-state index in [4.69, 9.17) is 42.4 Å². The third-order valence-electron chi connectivity index (χ3n) is 8.69. The van der Waals surface area contributed by atoms with Crippen LogP contribution in [0.4, 0.5) is 0 Å². The molecule has 0 spiro atoms. The molecule has 11 rings (SSSR count). The number of nitrogens with zero attached hydrogens (tertiary/aromatic N) is 3. The van der Waals surface area contributed by atoms with Crippen molar-refractivity contribution in [2.45, 2.75) is 6.92 Å². The van der Waals surface area contributed by atoms with E-state index in [-0.39, 0.29) is 30.7 Å². The maximum atomic E-state index is 9.63. The highest BCUT2D eigenvalue weighted by atomic mass is 127. The summed E-state index contributed by atoms with van der Waals surface area (Å²) in [6, 6.07) is 40.1. The van der Waals surface area contributed by atoms with Crippen LogP contribution >= 0.6 is 45.2 Å². The van der Waals surface area contributed by atoms with Crippen molar-refractivity contribution in [2.75, 3.05) is 23.4 Å². The molecule has 9 aromatic rings. The van der Waals surface area contributed by atoms with Crippen molar-refractivity contribution in [3.8, 4) is 68.3 Å². The van der Waals surface area contributed by atoms with Gasteiger partial charge < -0.3 is 47.8 Å². The zero-order valence-corrected chi connectivity index (χ0v) is 37.1. The lowest BCUT2D eigenvalue weighted by Gasteiger charge is -1.97. The number of aromatic nitrogens is 3. The SMILES string of the molecule is CC(=O)O.CI.CI.Oc1ccc2c(-c3ccccc3)noc2c1O.c1ccc(-c2noc3c4c(ccc23)OCO4)cc1.c1ccc(-c2noc3c4c(ccc23)OCO4)cc1. The predicted octanol–water partition coefficient (Wildman–Crippen LogP) is 11.5. The number of carboxylic acids is 1. The van der Waals surface area contributed by atoms with Crippen LogP contribution in [0.2, 0.25) is 0 Å². The minimum absolute atomic E-state index is 0.198. The molecule has 2 aliphatic heterocycles. The summed E-state index contributed by atoms with van der Waals surface area (Å²) in [5, 5.41) is 41.1. The van der Waals surface area contributed by atoms with E-state index in [0.717, 1.165) is 45.8 Å². The summed E-state index contributed by atoms with van der Waals surface area (Å²) in [5.74, 6) is 1.37. The Kier molecular flexibility index (Phi) is 15.2. The van der Waals surface area contributed by atoms with Gasteiger partial charge in [0.05, 0.1) is 16.2 Å². The third-order valence-corrected chi connectivity index (χ3v) is 8.69. The van der Waals surface area contributed by atoms with Gasteiger partial charge in [-0.05, 0) is 46.3 Å². The highest BCUT2D eigenvalue weighted by molar-refractivity contribution is 14.1. The molecule has 312 valence electrons. The molecule has 0 bridgehead atoms. The van der Waals surface area contributed by atoms with Crippen LogP contribution in [0.15, 0.2) is 141 Å². The van der Waals surface area contributed by atoms with Crippen LogP contribution in [-0.4, -0.2) is 60.2 Å². The Labute approximate surface area is 375 Å². The van der Waals surface area contributed by atoms with E-state index in [9.17, 15) is 10.2 Å². The van der Waals surface area contributed by atoms with Crippen molar-refractivity contribution < 1.29 is 52.6 Å². The van der Waals surface area contributed by atoms with E-state index in [0.29, 0.717) is 45.2 Å². The lowest BCUT2D eigenvalue weighted by atomic mass is 10.1. The first-order valence-electron chi connectivity index (χ1n) is 18.1. The van der Waals surface area contributed by atoms with Gasteiger partial charge in [0, 0.05) is 23.6 Å². The molecule has 3 N–H and O–H groups in total. The van der Waals surface area contributed by atoms with Crippen LogP contribution in [0.3, 0.4) is 0 Å². The fourth-order valence-corrected chi connectivity index (χ4v) is 6.12. The number of aromatic hydroxyl groups is 2. The number of phenolic OH excluding ortho intramolecular Hbond substituents is 2. The van der Waals surface area contributed by atoms with E-state index in [1.165, 1.54) is 6.07 Å². The van der Waals surface area contributed by atoms with Gasteiger partial charge in [-0.15, -0.1) is 0 Å². The minimum atomic E-state index is -0.833. The van der Waals surface area contributed by atoms with Gasteiger partial charge in [0.1, 0.15) is 17.1 Å². The van der Waals surface area contributed by atoms with E-state index in [1.807, 2.05) is 125 Å². The standard InChI is InChI=1S/2C14H9NO3.C13H9NO3.C2H4O2.2CH3I/c2*1-2-4-9(5-3-1)12-10-6-7-11-14(17-8-16-11)13(10)18-15-12;15-10-7-6-9-11(8-4-2-1-3-5-8)14-17-13(9)12(10)16;1-2(3)4;2*1-2/h2*1-7H,8H2;1-7,15-16H;1H3,(H,3,4);2*1H3. The molecule has 14 nitrogen and oxygen atoms in total. The molecule has 0 atom stereocenters. The van der Waals surface area contributed by atoms with Crippen LogP contribution in [0.1, 0.15) is 6.92 Å². The molecule has 16 heteroatoms. The van der Waals surface area contributed by atoms with E-state index in [2.05, 4.69) is 60.7 Å². The Balaban J connectivity index is 0.000000141. The number of phenols is 2. The summed E-state index contributed by atoms with van der Waals surface area (Å²) < 4.78 is 37.3. The number of benzene rings is 6. The van der Waals surface area contributed by atoms with Crippen molar-refractivity contribution in [3.63, 3.8) is 0 Å². The van der Waals surface area contributed by atoms with E-state index in [1.54, 1.807) is 6.07 Å². The molecule has 5 heterocycles. The summed E-state index contributed by atoms with van der Waals surface area (Å²) in [5.41, 5.74) is 6.72. The smallest absolute Gasteiger partial charge is 0.300 e. The normalized spacial score (nSPS) is 11.4. The number of hydrogen-bond donors (Lipinski definition) is 3. The van der Waals surface area contributed by atoms with Crippen LogP contribution in [0, 0.1) is 0 Å². The molecule has 0 saturated carbocycles. The van der Waals surface area contributed by atoms with Gasteiger partial charge in [0.2, 0.25) is 47.6 Å². The Morgan fingerprint density at radius 1 is 0.492 bits per heavy atom. The second-order valence-electron chi connectivity index (χ2n) is 12.4. The molecule has 6 aromatic carbocycles. The first-order chi connectivity index (χ1) is 29.9. The molecule has 3 aromatic heterocycles. The van der Waals surface area contributed by atoms with Gasteiger partial charge in [-0.1, -0.05) is 152 Å². The van der Waals surface area contributed by atoms with Crippen molar-refractivity contribution in [1.82, 2.24) is 15.5 Å². The zero-order valence-electron chi connectivity index (χ0n) is 32.7. The molecule has 2 aliphatic rings. The number of carboxylic acid groups (broad SMARTS) is 1. The van der Waals surface area contributed by atoms with Crippen molar-refractivity contribution in [3.05, 3.63) is 127 Å². The number of fused-ring (bicyclic) bond motifs is 7. The number of halogens is 2. The van der Waals surface area contributed by atoms with E-state index < -0.39 is 5.97 Å². The molecule has 0 aliphatic carbocycles. The van der Waals surface area contributed by atoms with Crippen LogP contribution in [-0.2, 0) is 4.79 Å². The minimum Gasteiger partial charge on any atom is -0.504 e. The molecular weight excluding hydrogens is 1010 g/mol. The third kappa shape index (κ3) is 9.92. The van der Waals surface area contributed by atoms with Gasteiger partial charge in [0.25, 0.3) is 5.97 Å². The second kappa shape index (κ2) is 21.1. The summed E-state index contributed by atoms with van der Waals surface area (Å²) in [4.78, 5) is 12.9. The van der Waals surface area contributed by atoms with Gasteiger partial charge in [-0.25, -0.2) is 0 Å². The van der Waals surface area contributed by atoms with Gasteiger partial charge in [-0.2, -0.15) is 0 Å². The second-order valence-corrected chi connectivity index (χ2v) is 12.4. The van der Waals surface area contributed by atoms with E-state index >= 15 is 0 Å². The molecule has 0 unspecified atom stereocenters. The molecule has 61 heavy (non-hydrogen) atoms. The van der Waals surface area contributed by atoms with Crippen LogP contribution in [0.25, 0.3) is 66.7 Å². The lowest BCUT2D eigenvalue weighted by molar-refractivity contribution is -0.134. The lowest BCUT2D eigenvalue weighted by Crippen LogP contribution is -1.93. The Bertz CT molecular complexity index is 2700. The predicted molar refractivity (Wildman–Crippen MR) is 247 cm³/mol. The zero-order chi connectivity index (χ0) is 43.3. The van der Waals surface area contributed by atoms with Gasteiger partial charge in [0.15, 0.2) is 17.2 Å². The van der Waals surface area contributed by atoms with Crippen LogP contribution < -0.4 is 18.9 Å². The fraction of sp³-hybridized carbons (Fsp3) is 0.111. The van der Waals surface area contributed by atoms with Gasteiger partial charge in [-0.3, -0.25) is 4.79 Å². The monoisotopic (exact) mass is 1050 g/mol. The van der Waals surface area contributed by atoms with Crippen LogP contribution in [0.5, 0.6) is 34.5 Å². The maximum Gasteiger partial charge on any atom is 0.300 e. The summed E-state index contributed by atoms with van der Waals surface area (Å²) in [7, 11) is 0. The number of carbonyl (C=O) groups is 1. The topological polar surface area (TPSA) is 193 Å². The van der Waals surface area contributed by atoms with Crippen molar-refractivity contribution in [2.24, 2.45) is 0 Å². The Hall–Kier alpha value is -6.54. The molecule has 0 amide bonds. The highest BCUT2D eigenvalue weighted by Gasteiger charge is 2.24. The summed E-state index contributed by atoms with van der Waals surface area (Å²) >= 11 is 4.30. The molecule has 0 radical (unpaired) electrons. The number of hydrogen-bond acceptors (Lipinski definition) is 13. The maximum absolute atomic E-state index is 9.63. The fourth-order valence-electron chi connectivity index (χ4n) is 6.12. The average molecular weight is 1050 g/mol. The highest BCUT2D eigenvalue weighted by Crippen LogP contribution is 2.43.